The topological polar surface area (TPSA) is 51.2 Å². The van der Waals surface area contributed by atoms with Crippen LogP contribution in [0.5, 0.6) is 0 Å². The molecule has 0 aliphatic rings. The van der Waals surface area contributed by atoms with Gasteiger partial charge in [0.2, 0.25) is 0 Å². The second-order valence-corrected chi connectivity index (χ2v) is 6.50. The maximum Gasteiger partial charge on any atom is 0.188 e. The van der Waals surface area contributed by atoms with Crippen LogP contribution in [-0.4, -0.2) is 19.5 Å². The van der Waals surface area contributed by atoms with Gasteiger partial charge in [-0.05, 0) is 19.1 Å². The van der Waals surface area contributed by atoms with Crippen molar-refractivity contribution in [3.63, 3.8) is 0 Å². The van der Waals surface area contributed by atoms with Gasteiger partial charge in [0, 0.05) is 5.56 Å². The van der Waals surface area contributed by atoms with E-state index in [-0.39, 0.29) is 10.7 Å². The highest BCUT2D eigenvalue weighted by Crippen LogP contribution is 2.18. The molecule has 4 heteroatoms. The van der Waals surface area contributed by atoms with Crippen molar-refractivity contribution in [3.05, 3.63) is 66.2 Å². The molecule has 3 nitrogen and oxygen atoms in total. The molecule has 0 saturated heterocycles. The Hall–Kier alpha value is -1.94. The molecule has 0 aliphatic carbocycles. The van der Waals surface area contributed by atoms with Crippen LogP contribution in [0.25, 0.3) is 0 Å². The van der Waals surface area contributed by atoms with E-state index in [0.717, 1.165) is 0 Å². The van der Waals surface area contributed by atoms with Gasteiger partial charge in [-0.2, -0.15) is 0 Å². The molecule has 0 fully saturated rings. The third-order valence-electron chi connectivity index (χ3n) is 2.96. The fraction of sp³-hybridized carbons (Fsp3) is 0.133. The Bertz CT molecular complexity index is 661. The SMILES string of the molecule is C[C@H](C(=O)c1ccccc1)S(=O)(=O)c1ccccc1. The van der Waals surface area contributed by atoms with E-state index in [1.54, 1.807) is 48.5 Å². The zero-order valence-electron chi connectivity index (χ0n) is 10.5. The van der Waals surface area contributed by atoms with Crippen molar-refractivity contribution in [2.24, 2.45) is 0 Å². The van der Waals surface area contributed by atoms with Gasteiger partial charge in [-0.1, -0.05) is 48.5 Å². The van der Waals surface area contributed by atoms with E-state index < -0.39 is 15.1 Å². The minimum atomic E-state index is -3.64. The molecule has 98 valence electrons. The number of carbonyl (C=O) groups is 1. The zero-order chi connectivity index (χ0) is 13.9. The van der Waals surface area contributed by atoms with Crippen molar-refractivity contribution in [1.82, 2.24) is 0 Å². The Morgan fingerprint density at radius 3 is 1.89 bits per heavy atom. The summed E-state index contributed by atoms with van der Waals surface area (Å²) in [5.74, 6) is -0.385. The summed E-state index contributed by atoms with van der Waals surface area (Å²) in [6.07, 6.45) is 0. The van der Waals surface area contributed by atoms with Crippen LogP contribution in [0.2, 0.25) is 0 Å². The van der Waals surface area contributed by atoms with Gasteiger partial charge >= 0.3 is 0 Å². The summed E-state index contributed by atoms with van der Waals surface area (Å²) in [7, 11) is -3.64. The Labute approximate surface area is 112 Å². The molecule has 0 spiro atoms. The van der Waals surface area contributed by atoms with Gasteiger partial charge in [-0.25, -0.2) is 8.42 Å². The average Bonchev–Trinajstić information content (AvgIpc) is 2.47. The normalized spacial score (nSPS) is 12.9. The molecule has 0 radical (unpaired) electrons. The number of carbonyl (C=O) groups excluding carboxylic acids is 1. The summed E-state index contributed by atoms with van der Waals surface area (Å²) < 4.78 is 24.7. The Balaban J connectivity index is 2.35. The molecule has 0 unspecified atom stereocenters. The van der Waals surface area contributed by atoms with E-state index in [1.807, 2.05) is 0 Å². The van der Waals surface area contributed by atoms with Crippen LogP contribution in [0.4, 0.5) is 0 Å². The molecule has 2 rings (SSSR count). The minimum absolute atomic E-state index is 0.173. The molecule has 0 aromatic heterocycles. The van der Waals surface area contributed by atoms with Crippen LogP contribution in [-0.2, 0) is 9.84 Å². The summed E-state index contributed by atoms with van der Waals surface area (Å²) in [5.41, 5.74) is 0.412. The monoisotopic (exact) mass is 274 g/mol. The lowest BCUT2D eigenvalue weighted by molar-refractivity contribution is 0.0991. The van der Waals surface area contributed by atoms with Crippen LogP contribution < -0.4 is 0 Å². The molecular formula is C15H14O3S. The van der Waals surface area contributed by atoms with Gasteiger partial charge in [0.1, 0.15) is 5.25 Å². The number of hydrogen-bond acceptors (Lipinski definition) is 3. The van der Waals surface area contributed by atoms with Gasteiger partial charge in [0.05, 0.1) is 4.90 Å². The van der Waals surface area contributed by atoms with Gasteiger partial charge in [-0.3, -0.25) is 4.79 Å². The fourth-order valence-corrected chi connectivity index (χ4v) is 3.15. The van der Waals surface area contributed by atoms with Crippen molar-refractivity contribution in [1.29, 1.82) is 0 Å². The molecule has 0 saturated carbocycles. The largest absolute Gasteiger partial charge is 0.293 e. The van der Waals surface area contributed by atoms with Gasteiger partial charge in [-0.15, -0.1) is 0 Å². The molecule has 0 N–H and O–H groups in total. The van der Waals surface area contributed by atoms with E-state index >= 15 is 0 Å². The number of Topliss-reactive ketones (excluding diaryl/α,β-unsaturated/α-hetero) is 1. The molecule has 0 bridgehead atoms. The highest BCUT2D eigenvalue weighted by atomic mass is 32.2. The van der Waals surface area contributed by atoms with Crippen LogP contribution in [0.15, 0.2) is 65.6 Å². The van der Waals surface area contributed by atoms with Crippen molar-refractivity contribution >= 4 is 15.6 Å². The first-order chi connectivity index (χ1) is 9.03. The van der Waals surface area contributed by atoms with E-state index in [9.17, 15) is 13.2 Å². The van der Waals surface area contributed by atoms with Crippen LogP contribution in [0, 0.1) is 0 Å². The molecule has 19 heavy (non-hydrogen) atoms. The molecule has 0 aliphatic heterocycles. The van der Waals surface area contributed by atoms with Crippen molar-refractivity contribution in [3.8, 4) is 0 Å². The lowest BCUT2D eigenvalue weighted by Crippen LogP contribution is -2.27. The number of rotatable bonds is 4. The summed E-state index contributed by atoms with van der Waals surface area (Å²) >= 11 is 0. The lowest BCUT2D eigenvalue weighted by atomic mass is 10.1. The number of benzene rings is 2. The van der Waals surface area contributed by atoms with Crippen LogP contribution in [0.3, 0.4) is 0 Å². The molecular weight excluding hydrogens is 260 g/mol. The number of sulfone groups is 1. The number of ketones is 1. The average molecular weight is 274 g/mol. The summed E-state index contributed by atoms with van der Waals surface area (Å²) in [6.45, 7) is 1.43. The van der Waals surface area contributed by atoms with Crippen molar-refractivity contribution < 1.29 is 13.2 Å². The standard InChI is InChI=1S/C15H14O3S/c1-12(15(16)13-8-4-2-5-9-13)19(17,18)14-10-6-3-7-11-14/h2-12H,1H3/t12-/m1/s1. The Morgan fingerprint density at radius 1 is 0.895 bits per heavy atom. The van der Waals surface area contributed by atoms with Crippen molar-refractivity contribution in [2.45, 2.75) is 17.1 Å². The molecule has 1 atom stereocenters. The molecule has 0 heterocycles. The first kappa shape index (κ1) is 13.5. The Kier molecular flexibility index (Phi) is 3.81. The predicted octanol–water partition coefficient (Wildman–Crippen LogP) is 2.73. The minimum Gasteiger partial charge on any atom is -0.293 e. The van der Waals surface area contributed by atoms with Crippen LogP contribution >= 0.6 is 0 Å². The van der Waals surface area contributed by atoms with Gasteiger partial charge in [0.15, 0.2) is 15.6 Å². The van der Waals surface area contributed by atoms with Crippen LogP contribution in [0.1, 0.15) is 17.3 Å². The second kappa shape index (κ2) is 5.36. The maximum atomic E-state index is 12.3. The second-order valence-electron chi connectivity index (χ2n) is 4.23. The zero-order valence-corrected chi connectivity index (χ0v) is 11.3. The highest BCUT2D eigenvalue weighted by molar-refractivity contribution is 7.92. The predicted molar refractivity (Wildman–Crippen MR) is 73.9 cm³/mol. The lowest BCUT2D eigenvalue weighted by Gasteiger charge is -2.12. The summed E-state index contributed by atoms with van der Waals surface area (Å²) in [6, 6.07) is 16.5. The molecule has 2 aromatic rings. The molecule has 2 aromatic carbocycles. The third-order valence-corrected chi connectivity index (χ3v) is 5.04. The van der Waals surface area contributed by atoms with E-state index in [4.69, 9.17) is 0 Å². The summed E-state index contributed by atoms with van der Waals surface area (Å²) in [4.78, 5) is 12.4. The van der Waals surface area contributed by atoms with Crippen molar-refractivity contribution in [2.75, 3.05) is 0 Å². The third kappa shape index (κ3) is 2.74. The maximum absolute atomic E-state index is 12.3. The van der Waals surface area contributed by atoms with E-state index in [0.29, 0.717) is 5.56 Å². The van der Waals surface area contributed by atoms with Gasteiger partial charge < -0.3 is 0 Å². The highest BCUT2D eigenvalue weighted by Gasteiger charge is 2.29. The smallest absolute Gasteiger partial charge is 0.188 e. The first-order valence-electron chi connectivity index (χ1n) is 5.91. The quantitative estimate of drug-likeness (QED) is 0.805. The Morgan fingerprint density at radius 2 is 1.37 bits per heavy atom. The molecule has 0 amide bonds. The summed E-state index contributed by atoms with van der Waals surface area (Å²) in [5, 5.41) is -1.09. The van der Waals surface area contributed by atoms with Gasteiger partial charge in [0.25, 0.3) is 0 Å². The number of hydrogen-bond donors (Lipinski definition) is 0. The fourth-order valence-electron chi connectivity index (χ4n) is 1.79. The van der Waals surface area contributed by atoms with E-state index in [1.165, 1.54) is 19.1 Å². The van der Waals surface area contributed by atoms with E-state index in [2.05, 4.69) is 0 Å². The first-order valence-corrected chi connectivity index (χ1v) is 7.46.